The highest BCUT2D eigenvalue weighted by atomic mass is 19.1. The Labute approximate surface area is 221 Å². The quantitative estimate of drug-likeness (QED) is 0.391. The molecule has 9 heteroatoms. The highest BCUT2D eigenvalue weighted by Gasteiger charge is 2.38. The van der Waals surface area contributed by atoms with Gasteiger partial charge in [0.15, 0.2) is 5.84 Å². The monoisotopic (exact) mass is 522 g/mol. The van der Waals surface area contributed by atoms with Gasteiger partial charge in [-0.1, -0.05) is 18.1 Å². The van der Waals surface area contributed by atoms with Gasteiger partial charge in [-0.25, -0.2) is 13.8 Å². The second-order valence-electron chi connectivity index (χ2n) is 9.59. The predicted octanol–water partition coefficient (Wildman–Crippen LogP) is 5.83. The second-order valence-corrected chi connectivity index (χ2v) is 9.59. The molecule has 0 amide bonds. The molecule has 0 N–H and O–H groups in total. The molecule has 2 aliphatic rings. The third kappa shape index (κ3) is 5.43. The Morgan fingerprint density at radius 2 is 1.97 bits per heavy atom. The number of piperidine rings is 1. The van der Waals surface area contributed by atoms with Crippen LogP contribution in [0.1, 0.15) is 49.0 Å². The number of oxime groups is 1. The third-order valence-electron chi connectivity index (χ3n) is 6.78. The number of nitrogens with zero attached hydrogens (tertiary/aromatic N) is 4. The number of hydrogen-bond donors (Lipinski definition) is 0. The number of halogens is 2. The van der Waals surface area contributed by atoms with Crippen molar-refractivity contribution in [3.8, 4) is 11.4 Å². The molecular formula is C29H32F2N4O3. The van der Waals surface area contributed by atoms with E-state index in [9.17, 15) is 8.78 Å². The normalized spacial score (nSPS) is 20.5. The highest BCUT2D eigenvalue weighted by molar-refractivity contribution is 6.02. The number of ether oxygens (including phenoxy) is 2. The highest BCUT2D eigenvalue weighted by Crippen LogP contribution is 2.36. The molecule has 0 aliphatic carbocycles. The first-order chi connectivity index (χ1) is 18.5. The van der Waals surface area contributed by atoms with Crippen molar-refractivity contribution in [2.45, 2.75) is 45.3 Å². The Hall–Kier alpha value is -3.72. The first kappa shape index (κ1) is 25.9. The molecule has 200 valence electrons. The summed E-state index contributed by atoms with van der Waals surface area (Å²) in [5, 5.41) is 4.48. The molecule has 0 unspecified atom stereocenters. The van der Waals surface area contributed by atoms with Crippen LogP contribution in [-0.4, -0.2) is 53.3 Å². The fraction of sp³-hybridized carbons (Fsp3) is 0.379. The third-order valence-corrected chi connectivity index (χ3v) is 6.78. The number of aryl methyl sites for hydroxylation is 1. The van der Waals surface area contributed by atoms with Crippen molar-refractivity contribution in [3.05, 3.63) is 83.0 Å². The molecule has 2 aliphatic heterocycles. The minimum absolute atomic E-state index is 0.183. The lowest BCUT2D eigenvalue weighted by atomic mass is 9.93. The van der Waals surface area contributed by atoms with Gasteiger partial charge in [-0.05, 0) is 73.2 Å². The Balaban J connectivity index is 1.51. The van der Waals surface area contributed by atoms with Gasteiger partial charge in [0.05, 0.1) is 30.9 Å². The molecule has 2 aromatic carbocycles. The minimum atomic E-state index is -0.619. The Bertz CT molecular complexity index is 1330. The molecule has 7 nitrogen and oxygen atoms in total. The number of methoxy groups -OCH3 is 1. The summed E-state index contributed by atoms with van der Waals surface area (Å²) >= 11 is 0. The summed E-state index contributed by atoms with van der Waals surface area (Å²) < 4.78 is 42.3. The maximum Gasteiger partial charge on any atom is 0.172 e. The van der Waals surface area contributed by atoms with Gasteiger partial charge in [-0.2, -0.15) is 0 Å². The molecule has 5 rings (SSSR count). The largest absolute Gasteiger partial charge is 0.495 e. The van der Waals surface area contributed by atoms with Crippen LogP contribution < -0.4 is 4.74 Å². The summed E-state index contributed by atoms with van der Waals surface area (Å²) in [5.74, 6) is 0.128. The van der Waals surface area contributed by atoms with E-state index in [-0.39, 0.29) is 6.61 Å². The van der Waals surface area contributed by atoms with Crippen molar-refractivity contribution < 1.29 is 23.1 Å². The van der Waals surface area contributed by atoms with Crippen LogP contribution in [0, 0.1) is 18.6 Å². The average Bonchev–Trinajstić information content (AvgIpc) is 3.23. The van der Waals surface area contributed by atoms with E-state index in [0.717, 1.165) is 47.8 Å². The Morgan fingerprint density at radius 1 is 1.16 bits per heavy atom. The van der Waals surface area contributed by atoms with Crippen LogP contribution in [-0.2, 0) is 9.57 Å². The number of aromatic nitrogens is 2. The van der Waals surface area contributed by atoms with E-state index >= 15 is 0 Å². The van der Waals surface area contributed by atoms with E-state index in [1.54, 1.807) is 13.4 Å². The van der Waals surface area contributed by atoms with Gasteiger partial charge in [-0.15, -0.1) is 0 Å². The molecule has 3 heterocycles. The van der Waals surface area contributed by atoms with E-state index in [0.29, 0.717) is 30.3 Å². The molecule has 2 atom stereocenters. The topological polar surface area (TPSA) is 61.1 Å². The van der Waals surface area contributed by atoms with Gasteiger partial charge in [0.25, 0.3) is 0 Å². The predicted molar refractivity (Wildman–Crippen MR) is 141 cm³/mol. The molecule has 0 bridgehead atoms. The van der Waals surface area contributed by atoms with Crippen molar-refractivity contribution in [2.24, 2.45) is 5.16 Å². The van der Waals surface area contributed by atoms with Crippen molar-refractivity contribution in [2.75, 3.05) is 26.9 Å². The molecule has 0 saturated carbocycles. The zero-order valence-electron chi connectivity index (χ0n) is 21.9. The summed E-state index contributed by atoms with van der Waals surface area (Å²) in [6, 6.07) is 9.17. The summed E-state index contributed by atoms with van der Waals surface area (Å²) in [7, 11) is 1.64. The van der Waals surface area contributed by atoms with E-state index in [1.165, 1.54) is 12.1 Å². The van der Waals surface area contributed by atoms with Crippen LogP contribution in [0.25, 0.3) is 11.8 Å². The SMILES string of the molecule is CCCO[C@@H]1CON=C2C(=Cc3ccc(-n4cnc(C)c4)c(OC)c3)CCCN2[C@H]1c1cc(F)cc(F)c1. The van der Waals surface area contributed by atoms with Crippen molar-refractivity contribution in [1.29, 1.82) is 0 Å². The van der Waals surface area contributed by atoms with Gasteiger partial charge in [0.1, 0.15) is 30.1 Å². The molecule has 1 aromatic heterocycles. The van der Waals surface area contributed by atoms with E-state index in [4.69, 9.17) is 14.3 Å². The van der Waals surface area contributed by atoms with Crippen molar-refractivity contribution >= 4 is 11.9 Å². The number of benzene rings is 2. The number of amidine groups is 1. The van der Waals surface area contributed by atoms with E-state index < -0.39 is 23.8 Å². The van der Waals surface area contributed by atoms with Gasteiger partial charge in [0.2, 0.25) is 0 Å². The Kier molecular flexibility index (Phi) is 7.74. The summed E-state index contributed by atoms with van der Waals surface area (Å²) in [6.07, 6.45) is 7.78. The average molecular weight is 523 g/mol. The lowest BCUT2D eigenvalue weighted by molar-refractivity contribution is -0.0405. The molecule has 1 fully saturated rings. The zero-order chi connectivity index (χ0) is 26.6. The summed E-state index contributed by atoms with van der Waals surface area (Å²) in [6.45, 7) is 5.32. The first-order valence-electron chi connectivity index (χ1n) is 12.9. The van der Waals surface area contributed by atoms with Gasteiger partial charge >= 0.3 is 0 Å². The lowest BCUT2D eigenvalue weighted by Crippen LogP contribution is -2.45. The van der Waals surface area contributed by atoms with Crippen LogP contribution in [0.3, 0.4) is 0 Å². The van der Waals surface area contributed by atoms with E-state index in [1.807, 2.05) is 42.8 Å². The second kappa shape index (κ2) is 11.3. The van der Waals surface area contributed by atoms with Crippen LogP contribution in [0.2, 0.25) is 0 Å². The van der Waals surface area contributed by atoms with E-state index in [2.05, 4.69) is 21.1 Å². The molecule has 38 heavy (non-hydrogen) atoms. The standard InChI is InChI=1S/C29H32F2N4O3/c1-4-10-37-27-17-38-33-29-21(6-5-9-35(29)28(27)22-13-23(30)15-24(31)14-22)11-20-7-8-25(26(12-20)36-3)34-16-19(2)32-18-34/h7-8,11-16,18,27-28H,4-6,9-10,17H2,1-3H3/t27-,28+/m1/s1. The first-order valence-corrected chi connectivity index (χ1v) is 12.9. The van der Waals surface area contributed by atoms with Crippen LogP contribution in [0.4, 0.5) is 8.78 Å². The molecule has 1 saturated heterocycles. The maximum atomic E-state index is 14.3. The van der Waals surface area contributed by atoms with Gasteiger partial charge in [-0.3, -0.25) is 0 Å². The maximum absolute atomic E-state index is 14.3. The molecule has 0 spiro atoms. The minimum Gasteiger partial charge on any atom is -0.495 e. The lowest BCUT2D eigenvalue weighted by Gasteiger charge is -2.39. The molecule has 3 aromatic rings. The number of rotatable bonds is 7. The summed E-state index contributed by atoms with van der Waals surface area (Å²) in [4.78, 5) is 12.1. The Morgan fingerprint density at radius 3 is 2.68 bits per heavy atom. The number of imidazole rings is 1. The number of hydrogen-bond acceptors (Lipinski definition) is 6. The van der Waals surface area contributed by atoms with Gasteiger partial charge in [0, 0.05) is 25.4 Å². The van der Waals surface area contributed by atoms with Crippen molar-refractivity contribution in [3.63, 3.8) is 0 Å². The van der Waals surface area contributed by atoms with Crippen LogP contribution in [0.15, 0.2) is 59.7 Å². The molecular weight excluding hydrogens is 490 g/mol. The zero-order valence-corrected chi connectivity index (χ0v) is 21.9. The number of fused-ring (bicyclic) bond motifs is 1. The van der Waals surface area contributed by atoms with Crippen LogP contribution in [0.5, 0.6) is 5.75 Å². The smallest absolute Gasteiger partial charge is 0.172 e. The van der Waals surface area contributed by atoms with Crippen LogP contribution >= 0.6 is 0 Å². The summed E-state index contributed by atoms with van der Waals surface area (Å²) in [5.41, 5.74) is 4.23. The molecule has 0 radical (unpaired) electrons. The fourth-order valence-electron chi connectivity index (χ4n) is 5.12. The van der Waals surface area contributed by atoms with Gasteiger partial charge < -0.3 is 23.8 Å². The fourth-order valence-corrected chi connectivity index (χ4v) is 5.12. The van der Waals surface area contributed by atoms with Crippen molar-refractivity contribution in [1.82, 2.24) is 14.5 Å².